The lowest BCUT2D eigenvalue weighted by Crippen LogP contribution is -1.95. The van der Waals surface area contributed by atoms with Gasteiger partial charge in [0.2, 0.25) is 0 Å². The van der Waals surface area contributed by atoms with Crippen LogP contribution in [0.2, 0.25) is 20.1 Å². The zero-order chi connectivity index (χ0) is 14.3. The zero-order valence-corrected chi connectivity index (χ0v) is 12.7. The third-order valence-electron chi connectivity index (χ3n) is 2.74. The van der Waals surface area contributed by atoms with Gasteiger partial charge in [-0.1, -0.05) is 46.4 Å². The van der Waals surface area contributed by atoms with Gasteiger partial charge in [0, 0.05) is 16.8 Å². The highest BCUT2D eigenvalue weighted by molar-refractivity contribution is 6.51. The summed E-state index contributed by atoms with van der Waals surface area (Å²) in [5.74, 6) is -0.478. The largest absolute Gasteiger partial charge is 0.398 e. The van der Waals surface area contributed by atoms with E-state index in [0.29, 0.717) is 11.3 Å². The van der Waals surface area contributed by atoms with Gasteiger partial charge < -0.3 is 5.73 Å². The Morgan fingerprint density at radius 2 is 1.58 bits per heavy atom. The lowest BCUT2D eigenvalue weighted by molar-refractivity contribution is 0.630. The van der Waals surface area contributed by atoms with Gasteiger partial charge in [-0.05, 0) is 30.7 Å². The monoisotopic (exact) mass is 337 g/mol. The highest BCUT2D eigenvalue weighted by atomic mass is 35.5. The zero-order valence-electron chi connectivity index (χ0n) is 9.70. The molecule has 0 aliphatic rings. The van der Waals surface area contributed by atoms with Crippen molar-refractivity contribution in [2.45, 2.75) is 6.92 Å². The molecule has 0 aromatic heterocycles. The molecule has 2 rings (SSSR count). The lowest BCUT2D eigenvalue weighted by Gasteiger charge is -2.13. The minimum Gasteiger partial charge on any atom is -0.398 e. The van der Waals surface area contributed by atoms with Crippen molar-refractivity contribution in [1.82, 2.24) is 0 Å². The molecule has 100 valence electrons. The van der Waals surface area contributed by atoms with Crippen LogP contribution in [0.3, 0.4) is 0 Å². The van der Waals surface area contributed by atoms with E-state index in [4.69, 9.17) is 52.1 Å². The summed E-state index contributed by atoms with van der Waals surface area (Å²) in [6.07, 6.45) is 0. The first kappa shape index (κ1) is 14.7. The molecule has 0 radical (unpaired) electrons. The topological polar surface area (TPSA) is 26.0 Å². The van der Waals surface area contributed by atoms with Crippen molar-refractivity contribution in [3.8, 4) is 11.1 Å². The molecule has 0 amide bonds. The van der Waals surface area contributed by atoms with Crippen molar-refractivity contribution in [3.63, 3.8) is 0 Å². The van der Waals surface area contributed by atoms with Gasteiger partial charge in [-0.3, -0.25) is 0 Å². The van der Waals surface area contributed by atoms with E-state index in [-0.39, 0.29) is 31.2 Å². The Balaban J connectivity index is 2.80. The third kappa shape index (κ3) is 2.63. The molecule has 19 heavy (non-hydrogen) atoms. The average Bonchev–Trinajstić information content (AvgIpc) is 2.33. The minimum atomic E-state index is -0.478. The predicted octanol–water partition coefficient (Wildman–Crippen LogP) is 6.00. The lowest BCUT2D eigenvalue weighted by atomic mass is 10.0. The predicted molar refractivity (Wildman–Crippen MR) is 81.0 cm³/mol. The molecule has 0 aliphatic carbocycles. The van der Waals surface area contributed by atoms with Crippen LogP contribution in [0, 0.1) is 12.7 Å². The van der Waals surface area contributed by atoms with Gasteiger partial charge in [0.05, 0.1) is 20.1 Å². The molecule has 0 atom stereocenters. The first-order chi connectivity index (χ1) is 8.82. The Labute approximate surface area is 130 Å². The number of nitrogen functional groups attached to an aromatic ring is 1. The van der Waals surface area contributed by atoms with Gasteiger partial charge in [-0.25, -0.2) is 4.39 Å². The molecule has 2 N–H and O–H groups in total. The van der Waals surface area contributed by atoms with E-state index in [2.05, 4.69) is 0 Å². The Hall–Kier alpha value is -0.670. The van der Waals surface area contributed by atoms with E-state index in [9.17, 15) is 4.39 Å². The second kappa shape index (κ2) is 5.37. The molecule has 6 heteroatoms. The van der Waals surface area contributed by atoms with Crippen molar-refractivity contribution in [1.29, 1.82) is 0 Å². The molecule has 0 fully saturated rings. The van der Waals surface area contributed by atoms with Crippen LogP contribution in [-0.2, 0) is 0 Å². The maximum Gasteiger partial charge on any atom is 0.131 e. The summed E-state index contributed by atoms with van der Waals surface area (Å²) in [6.45, 7) is 1.71. The molecular weight excluding hydrogens is 331 g/mol. The van der Waals surface area contributed by atoms with Gasteiger partial charge >= 0.3 is 0 Å². The van der Waals surface area contributed by atoms with E-state index in [1.807, 2.05) is 0 Å². The third-order valence-corrected chi connectivity index (χ3v) is 4.30. The summed E-state index contributed by atoms with van der Waals surface area (Å²) in [7, 11) is 0. The maximum atomic E-state index is 14.1. The van der Waals surface area contributed by atoms with E-state index >= 15 is 0 Å². The van der Waals surface area contributed by atoms with Crippen molar-refractivity contribution < 1.29 is 4.39 Å². The number of rotatable bonds is 1. The summed E-state index contributed by atoms with van der Waals surface area (Å²) < 4.78 is 14.1. The highest BCUT2D eigenvalue weighted by Crippen LogP contribution is 2.44. The number of benzene rings is 2. The van der Waals surface area contributed by atoms with Crippen molar-refractivity contribution in [2.75, 3.05) is 5.73 Å². The van der Waals surface area contributed by atoms with Crippen LogP contribution in [0.1, 0.15) is 5.56 Å². The highest BCUT2D eigenvalue weighted by Gasteiger charge is 2.19. The fourth-order valence-corrected chi connectivity index (χ4v) is 2.81. The number of nitrogens with two attached hydrogens (primary N) is 1. The second-order valence-corrected chi connectivity index (χ2v) is 5.60. The number of aryl methyl sites for hydroxylation is 1. The first-order valence-corrected chi connectivity index (χ1v) is 6.73. The quantitative estimate of drug-likeness (QED) is 0.385. The molecule has 0 spiro atoms. The second-order valence-electron chi connectivity index (χ2n) is 4.03. The van der Waals surface area contributed by atoms with E-state index < -0.39 is 5.82 Å². The fourth-order valence-electron chi connectivity index (χ4n) is 1.69. The number of anilines is 1. The van der Waals surface area contributed by atoms with Crippen LogP contribution in [0.5, 0.6) is 0 Å². The summed E-state index contributed by atoms with van der Waals surface area (Å²) in [5.41, 5.74) is 7.33. The van der Waals surface area contributed by atoms with E-state index in [0.717, 1.165) is 0 Å². The number of hydrogen-bond acceptors (Lipinski definition) is 1. The van der Waals surface area contributed by atoms with E-state index in [1.54, 1.807) is 6.92 Å². The van der Waals surface area contributed by atoms with Crippen LogP contribution < -0.4 is 5.73 Å². The van der Waals surface area contributed by atoms with Gasteiger partial charge in [-0.2, -0.15) is 0 Å². The van der Waals surface area contributed by atoms with Gasteiger partial charge in [0.1, 0.15) is 5.82 Å². The SMILES string of the molecule is Cc1cc(F)c(-c2c(Cl)cc(Cl)c(Cl)c2Cl)cc1N. The number of halogens is 5. The van der Waals surface area contributed by atoms with E-state index in [1.165, 1.54) is 18.2 Å². The van der Waals surface area contributed by atoms with Gasteiger partial charge in [-0.15, -0.1) is 0 Å². The van der Waals surface area contributed by atoms with Gasteiger partial charge in [0.15, 0.2) is 0 Å². The molecule has 1 nitrogen and oxygen atoms in total. The standard InChI is InChI=1S/C13H8Cl4FN/c1-5-2-9(18)6(3-10(5)19)11-7(14)4-8(15)12(16)13(11)17/h2-4H,19H2,1H3. The molecular formula is C13H8Cl4FN. The Bertz CT molecular complexity index is 670. The average molecular weight is 339 g/mol. The molecule has 0 aliphatic heterocycles. The summed E-state index contributed by atoms with van der Waals surface area (Å²) in [4.78, 5) is 0. The summed E-state index contributed by atoms with van der Waals surface area (Å²) in [6, 6.07) is 4.21. The van der Waals surface area contributed by atoms with Crippen LogP contribution in [0.15, 0.2) is 18.2 Å². The normalized spacial score (nSPS) is 10.8. The fraction of sp³-hybridized carbons (Fsp3) is 0.0769. The molecule has 2 aromatic carbocycles. The Morgan fingerprint density at radius 1 is 0.947 bits per heavy atom. The van der Waals surface area contributed by atoms with Crippen LogP contribution in [0.25, 0.3) is 11.1 Å². The number of hydrogen-bond donors (Lipinski definition) is 1. The summed E-state index contributed by atoms with van der Waals surface area (Å²) >= 11 is 24.0. The van der Waals surface area contributed by atoms with Crippen LogP contribution >= 0.6 is 46.4 Å². The summed E-state index contributed by atoms with van der Waals surface area (Å²) in [5, 5.41) is 0.644. The molecule has 0 saturated carbocycles. The molecule has 2 aromatic rings. The van der Waals surface area contributed by atoms with Crippen molar-refractivity contribution >= 4 is 52.1 Å². The molecule has 0 unspecified atom stereocenters. The molecule has 0 heterocycles. The smallest absolute Gasteiger partial charge is 0.131 e. The molecule has 0 saturated heterocycles. The van der Waals surface area contributed by atoms with Crippen LogP contribution in [0.4, 0.5) is 10.1 Å². The minimum absolute atomic E-state index is 0.0984. The molecule has 0 bridgehead atoms. The van der Waals surface area contributed by atoms with Crippen molar-refractivity contribution in [3.05, 3.63) is 49.7 Å². The Morgan fingerprint density at radius 3 is 2.21 bits per heavy atom. The Kier molecular flexibility index (Phi) is 4.17. The maximum absolute atomic E-state index is 14.1. The van der Waals surface area contributed by atoms with Crippen LogP contribution in [-0.4, -0.2) is 0 Å². The first-order valence-electron chi connectivity index (χ1n) is 5.22. The van der Waals surface area contributed by atoms with Gasteiger partial charge in [0.25, 0.3) is 0 Å². The van der Waals surface area contributed by atoms with Crippen molar-refractivity contribution in [2.24, 2.45) is 0 Å².